The van der Waals surface area contributed by atoms with E-state index in [1.165, 1.54) is 0 Å². The summed E-state index contributed by atoms with van der Waals surface area (Å²) in [6.45, 7) is 5.77. The van der Waals surface area contributed by atoms with Crippen molar-refractivity contribution in [1.82, 2.24) is 9.78 Å². The molecule has 0 spiro atoms. The predicted octanol–water partition coefficient (Wildman–Crippen LogP) is 1.99. The van der Waals surface area contributed by atoms with Crippen LogP contribution in [0.15, 0.2) is 6.58 Å². The smallest absolute Gasteiger partial charge is 0.219 e. The first-order valence-electron chi connectivity index (χ1n) is 3.93. The number of methoxy groups -OCH3 is 1. The molecule has 0 fully saturated rings. The van der Waals surface area contributed by atoms with Crippen molar-refractivity contribution in [3.63, 3.8) is 0 Å². The highest BCUT2D eigenvalue weighted by Crippen LogP contribution is 2.28. The second-order valence-corrected chi connectivity index (χ2v) is 3.10. The molecule has 1 aromatic rings. The molecule has 0 radical (unpaired) electrons. The molecule has 0 amide bonds. The van der Waals surface area contributed by atoms with Crippen molar-refractivity contribution >= 4 is 17.2 Å². The van der Waals surface area contributed by atoms with Crippen molar-refractivity contribution in [2.45, 2.75) is 6.92 Å². The molecule has 72 valence electrons. The summed E-state index contributed by atoms with van der Waals surface area (Å²) in [5.41, 5.74) is 2.65. The van der Waals surface area contributed by atoms with Crippen molar-refractivity contribution < 1.29 is 4.74 Å². The first-order chi connectivity index (χ1) is 6.11. The molecule has 0 bridgehead atoms. The molecule has 1 rings (SSSR count). The van der Waals surface area contributed by atoms with Crippen molar-refractivity contribution in [3.8, 4) is 5.88 Å². The van der Waals surface area contributed by atoms with Crippen LogP contribution in [0.5, 0.6) is 5.88 Å². The van der Waals surface area contributed by atoms with E-state index in [9.17, 15) is 0 Å². The number of hydrogen-bond donors (Lipinski definition) is 0. The van der Waals surface area contributed by atoms with E-state index in [1.54, 1.807) is 11.8 Å². The quantitative estimate of drug-likeness (QED) is 0.698. The summed E-state index contributed by atoms with van der Waals surface area (Å²) in [5.74, 6) is 1.10. The Hall–Kier alpha value is -0.960. The van der Waals surface area contributed by atoms with Crippen LogP contribution in [0.25, 0.3) is 5.57 Å². The lowest BCUT2D eigenvalue weighted by Gasteiger charge is -2.04. The highest BCUT2D eigenvalue weighted by Gasteiger charge is 2.15. The number of aryl methyl sites for hydroxylation is 2. The number of rotatable bonds is 3. The van der Waals surface area contributed by atoms with Crippen LogP contribution >= 0.6 is 11.6 Å². The minimum absolute atomic E-state index is 0.392. The van der Waals surface area contributed by atoms with Gasteiger partial charge in [0.1, 0.15) is 0 Å². The van der Waals surface area contributed by atoms with Gasteiger partial charge in [-0.05, 0) is 12.5 Å². The highest BCUT2D eigenvalue weighted by molar-refractivity contribution is 6.23. The fourth-order valence-electron chi connectivity index (χ4n) is 1.35. The van der Waals surface area contributed by atoms with Gasteiger partial charge in [0.15, 0.2) is 0 Å². The van der Waals surface area contributed by atoms with Crippen LogP contribution in [-0.2, 0) is 7.05 Å². The summed E-state index contributed by atoms with van der Waals surface area (Å²) in [7, 11) is 3.44. The van der Waals surface area contributed by atoms with Crippen LogP contribution in [0.3, 0.4) is 0 Å². The Kier molecular flexibility index (Phi) is 2.98. The molecule has 0 aromatic carbocycles. The average Bonchev–Trinajstić information content (AvgIpc) is 2.39. The molecule has 1 heterocycles. The van der Waals surface area contributed by atoms with Crippen LogP contribution in [0.2, 0.25) is 0 Å². The lowest BCUT2D eigenvalue weighted by atomic mass is 10.1. The van der Waals surface area contributed by atoms with Crippen LogP contribution < -0.4 is 4.74 Å². The molecule has 0 unspecified atom stereocenters. The average molecular weight is 201 g/mol. The minimum atomic E-state index is 0.392. The Morgan fingerprint density at radius 1 is 1.69 bits per heavy atom. The molecule has 0 saturated heterocycles. The Morgan fingerprint density at radius 2 is 2.31 bits per heavy atom. The number of hydrogen-bond acceptors (Lipinski definition) is 2. The SMILES string of the molecule is C=C(CCl)c1c(C)nn(C)c1OC. The number of halogens is 1. The van der Waals surface area contributed by atoms with E-state index in [-0.39, 0.29) is 0 Å². The number of aromatic nitrogens is 2. The molecule has 0 aliphatic rings. The van der Waals surface area contributed by atoms with Gasteiger partial charge in [-0.25, -0.2) is 4.68 Å². The van der Waals surface area contributed by atoms with Crippen LogP contribution in [-0.4, -0.2) is 22.8 Å². The van der Waals surface area contributed by atoms with E-state index in [0.717, 1.165) is 16.8 Å². The predicted molar refractivity (Wildman–Crippen MR) is 54.3 cm³/mol. The van der Waals surface area contributed by atoms with Gasteiger partial charge in [0.2, 0.25) is 5.88 Å². The molecular weight excluding hydrogens is 188 g/mol. The van der Waals surface area contributed by atoms with Crippen LogP contribution in [0.4, 0.5) is 0 Å². The van der Waals surface area contributed by atoms with Gasteiger partial charge in [-0.3, -0.25) is 0 Å². The highest BCUT2D eigenvalue weighted by atomic mass is 35.5. The van der Waals surface area contributed by atoms with E-state index in [1.807, 2.05) is 14.0 Å². The number of alkyl halides is 1. The molecule has 0 aliphatic carbocycles. The van der Waals surface area contributed by atoms with Gasteiger partial charge >= 0.3 is 0 Å². The zero-order chi connectivity index (χ0) is 10.0. The molecule has 0 N–H and O–H groups in total. The van der Waals surface area contributed by atoms with Gasteiger partial charge < -0.3 is 4.74 Å². The fraction of sp³-hybridized carbons (Fsp3) is 0.444. The molecule has 13 heavy (non-hydrogen) atoms. The van der Waals surface area contributed by atoms with E-state index in [4.69, 9.17) is 16.3 Å². The molecule has 0 aliphatic heterocycles. The second-order valence-electron chi connectivity index (χ2n) is 2.83. The van der Waals surface area contributed by atoms with Crippen LogP contribution in [0.1, 0.15) is 11.3 Å². The zero-order valence-corrected chi connectivity index (χ0v) is 8.85. The van der Waals surface area contributed by atoms with Gasteiger partial charge in [-0.15, -0.1) is 11.6 Å². The summed E-state index contributed by atoms with van der Waals surface area (Å²) in [5, 5.41) is 4.22. The zero-order valence-electron chi connectivity index (χ0n) is 8.09. The maximum Gasteiger partial charge on any atom is 0.219 e. The third kappa shape index (κ3) is 1.70. The summed E-state index contributed by atoms with van der Waals surface area (Å²) < 4.78 is 6.88. The van der Waals surface area contributed by atoms with Gasteiger partial charge in [-0.1, -0.05) is 6.58 Å². The van der Waals surface area contributed by atoms with E-state index in [2.05, 4.69) is 11.7 Å². The topological polar surface area (TPSA) is 27.1 Å². The molecule has 1 aromatic heterocycles. The van der Waals surface area contributed by atoms with Gasteiger partial charge in [0.25, 0.3) is 0 Å². The van der Waals surface area contributed by atoms with Crippen LogP contribution in [0, 0.1) is 6.92 Å². The van der Waals surface area contributed by atoms with Gasteiger partial charge in [-0.2, -0.15) is 5.10 Å². The Bertz CT molecular complexity index is 331. The van der Waals surface area contributed by atoms with Crippen molar-refractivity contribution in [3.05, 3.63) is 17.8 Å². The Balaban J connectivity index is 3.24. The number of nitrogens with zero attached hydrogens (tertiary/aromatic N) is 2. The first-order valence-corrected chi connectivity index (χ1v) is 4.47. The van der Waals surface area contributed by atoms with Gasteiger partial charge in [0, 0.05) is 12.9 Å². The van der Waals surface area contributed by atoms with Crippen molar-refractivity contribution in [2.24, 2.45) is 7.05 Å². The molecule has 0 atom stereocenters. The Morgan fingerprint density at radius 3 is 2.77 bits per heavy atom. The maximum absolute atomic E-state index is 5.70. The number of ether oxygens (including phenoxy) is 1. The Labute approximate surface area is 83.0 Å². The maximum atomic E-state index is 5.70. The van der Waals surface area contributed by atoms with E-state index < -0.39 is 0 Å². The van der Waals surface area contributed by atoms with Crippen molar-refractivity contribution in [2.75, 3.05) is 13.0 Å². The standard InChI is InChI=1S/C9H13ClN2O/c1-6(5-10)8-7(2)11-12(3)9(8)13-4/h1,5H2,2-4H3. The monoisotopic (exact) mass is 200 g/mol. The third-order valence-corrected chi connectivity index (χ3v) is 2.20. The van der Waals surface area contributed by atoms with Crippen molar-refractivity contribution in [1.29, 1.82) is 0 Å². The normalized spacial score (nSPS) is 10.2. The lowest BCUT2D eigenvalue weighted by molar-refractivity contribution is 0.372. The largest absolute Gasteiger partial charge is 0.481 e. The minimum Gasteiger partial charge on any atom is -0.481 e. The molecule has 3 nitrogen and oxygen atoms in total. The second kappa shape index (κ2) is 3.83. The summed E-state index contributed by atoms with van der Waals surface area (Å²) in [4.78, 5) is 0. The summed E-state index contributed by atoms with van der Waals surface area (Å²) in [6, 6.07) is 0. The number of allylic oxidation sites excluding steroid dienone is 1. The molecule has 0 saturated carbocycles. The van der Waals surface area contributed by atoms with E-state index in [0.29, 0.717) is 11.8 Å². The fourth-order valence-corrected chi connectivity index (χ4v) is 1.48. The van der Waals surface area contributed by atoms with Gasteiger partial charge in [0.05, 0.1) is 18.4 Å². The molecular formula is C9H13ClN2O. The third-order valence-electron chi connectivity index (χ3n) is 1.88. The lowest BCUT2D eigenvalue weighted by Crippen LogP contribution is -1.96. The summed E-state index contributed by atoms with van der Waals surface area (Å²) in [6.07, 6.45) is 0. The first kappa shape index (κ1) is 10.1. The molecule has 4 heteroatoms. The van der Waals surface area contributed by atoms with E-state index >= 15 is 0 Å². The summed E-state index contributed by atoms with van der Waals surface area (Å²) >= 11 is 5.70.